The summed E-state index contributed by atoms with van der Waals surface area (Å²) in [6, 6.07) is 13.7. The smallest absolute Gasteiger partial charge is 0.224 e. The van der Waals surface area contributed by atoms with E-state index in [1.54, 1.807) is 12.4 Å². The van der Waals surface area contributed by atoms with Crippen LogP contribution in [0, 0.1) is 39.9 Å². The molecular formula is C41H51N5O3. The second-order valence-electron chi connectivity index (χ2n) is 17.5. The maximum absolute atomic E-state index is 13.1. The van der Waals surface area contributed by atoms with Gasteiger partial charge in [-0.2, -0.15) is 0 Å². The Morgan fingerprint density at radius 1 is 0.898 bits per heavy atom. The Kier molecular flexibility index (Phi) is 7.34. The third-order valence-corrected chi connectivity index (χ3v) is 14.7. The number of nitrogens with zero attached hydrogens (tertiary/aromatic N) is 4. The quantitative estimate of drug-likeness (QED) is 0.204. The van der Waals surface area contributed by atoms with E-state index in [0.29, 0.717) is 23.9 Å². The molecule has 8 rings (SSSR count). The number of nitrogens with one attached hydrogen (secondary N) is 1. The van der Waals surface area contributed by atoms with Crippen molar-refractivity contribution in [2.75, 3.05) is 5.32 Å². The summed E-state index contributed by atoms with van der Waals surface area (Å²) in [7, 11) is 0. The van der Waals surface area contributed by atoms with Gasteiger partial charge in [-0.05, 0) is 122 Å². The number of rotatable bonds is 5. The molecule has 3 fully saturated rings. The lowest BCUT2D eigenvalue weighted by molar-refractivity contribution is -0.224. The van der Waals surface area contributed by atoms with Crippen molar-refractivity contribution in [3.05, 3.63) is 66.2 Å². The number of hydrogen-bond acceptors (Lipinski definition) is 7. The Bertz CT molecular complexity index is 1960. The van der Waals surface area contributed by atoms with Crippen LogP contribution >= 0.6 is 0 Å². The molecular weight excluding hydrogens is 610 g/mol. The molecule has 2 aromatic carbocycles. The van der Waals surface area contributed by atoms with Gasteiger partial charge in [-0.15, -0.1) is 0 Å². The summed E-state index contributed by atoms with van der Waals surface area (Å²) in [5.41, 5.74) is 4.97. The molecule has 4 aromatic rings. The molecule has 0 aliphatic heterocycles. The van der Waals surface area contributed by atoms with E-state index in [4.69, 9.17) is 9.97 Å². The number of hydrogen-bond donors (Lipinski definition) is 3. The fourth-order valence-electron chi connectivity index (χ4n) is 12.3. The van der Waals surface area contributed by atoms with Gasteiger partial charge in [0.25, 0.3) is 0 Å². The highest BCUT2D eigenvalue weighted by Crippen LogP contribution is 2.75. The van der Waals surface area contributed by atoms with Gasteiger partial charge in [-0.25, -0.2) is 9.97 Å². The van der Waals surface area contributed by atoms with Crippen LogP contribution in [0.3, 0.4) is 0 Å². The van der Waals surface area contributed by atoms with Crippen LogP contribution in [0.4, 0.5) is 5.69 Å². The molecule has 0 saturated heterocycles. The molecule has 258 valence electrons. The number of aliphatic hydroxyl groups excluding tert-OH is 1. The summed E-state index contributed by atoms with van der Waals surface area (Å²) in [5, 5.41) is 27.3. The third kappa shape index (κ3) is 4.80. The van der Waals surface area contributed by atoms with Gasteiger partial charge in [0, 0.05) is 29.9 Å². The number of benzene rings is 2. The molecule has 8 heteroatoms. The first-order valence-electron chi connectivity index (χ1n) is 18.3. The number of carbonyl (C=O) groups is 1. The van der Waals surface area contributed by atoms with Gasteiger partial charge in [-0.1, -0.05) is 46.8 Å². The average Bonchev–Trinajstić information content (AvgIpc) is 3.45. The van der Waals surface area contributed by atoms with Crippen molar-refractivity contribution in [2.24, 2.45) is 39.9 Å². The lowest BCUT2D eigenvalue weighted by Gasteiger charge is -2.69. The average molecular weight is 662 g/mol. The van der Waals surface area contributed by atoms with Crippen molar-refractivity contribution >= 4 is 33.7 Å². The number of carbonyl (C=O) groups excluding carboxylic acids is 1. The van der Waals surface area contributed by atoms with Crippen LogP contribution in [0.1, 0.15) is 97.9 Å². The van der Waals surface area contributed by atoms with Gasteiger partial charge in [-0.3, -0.25) is 14.8 Å². The van der Waals surface area contributed by atoms with Crippen molar-refractivity contribution in [3.8, 4) is 0 Å². The van der Waals surface area contributed by atoms with Crippen molar-refractivity contribution in [1.29, 1.82) is 0 Å². The zero-order valence-electron chi connectivity index (χ0n) is 29.8. The first-order chi connectivity index (χ1) is 23.2. The Labute approximate surface area is 289 Å². The number of fused-ring (bicyclic) bond motifs is 8. The summed E-state index contributed by atoms with van der Waals surface area (Å²) in [6.07, 6.45) is 8.96. The Morgan fingerprint density at radius 2 is 1.59 bits per heavy atom. The molecule has 2 aromatic heterocycles. The highest BCUT2D eigenvalue weighted by molar-refractivity contribution is 5.92. The largest absolute Gasteiger partial charge is 0.393 e. The summed E-state index contributed by atoms with van der Waals surface area (Å²) in [4.78, 5) is 32.2. The Balaban J connectivity index is 1.04. The van der Waals surface area contributed by atoms with Crippen LogP contribution in [0.15, 0.2) is 54.9 Å². The predicted molar refractivity (Wildman–Crippen MR) is 192 cm³/mol. The van der Waals surface area contributed by atoms with Crippen LogP contribution in [-0.4, -0.2) is 47.8 Å². The molecule has 3 N–H and O–H groups in total. The normalized spacial score (nSPS) is 35.9. The number of aliphatic hydroxyl groups is 2. The molecule has 0 radical (unpaired) electrons. The molecule has 1 amide bonds. The molecule has 4 aliphatic rings. The second kappa shape index (κ2) is 11.0. The van der Waals surface area contributed by atoms with Gasteiger partial charge in [0.1, 0.15) is 0 Å². The molecule has 0 unspecified atom stereocenters. The van der Waals surface area contributed by atoms with Gasteiger partial charge in [0.2, 0.25) is 5.91 Å². The maximum atomic E-state index is 13.1. The SMILES string of the molecule is CC1(C)c2nc3ccccc3nc2C[C@]2(C)[C@H]3C[C@@H](O)[C@@H]4[C@@H]([C@@](C)(O)CCC(=O)Nc5ccc6nccnc6c5)CC[C@@]4(C)[C@]3(C)CC[C@@H]12. The molecule has 49 heavy (non-hydrogen) atoms. The molecule has 8 nitrogen and oxygen atoms in total. The van der Waals surface area contributed by atoms with Gasteiger partial charge in [0.05, 0.1) is 45.2 Å². The fraction of sp³-hybridized carbons (Fsp3) is 0.585. The van der Waals surface area contributed by atoms with Gasteiger partial charge >= 0.3 is 0 Å². The zero-order chi connectivity index (χ0) is 34.6. The summed E-state index contributed by atoms with van der Waals surface area (Å²) in [5.74, 6) is 0.500. The van der Waals surface area contributed by atoms with Gasteiger partial charge in [0.15, 0.2) is 0 Å². The van der Waals surface area contributed by atoms with E-state index in [1.165, 1.54) is 0 Å². The van der Waals surface area contributed by atoms with Gasteiger partial charge < -0.3 is 15.5 Å². The summed E-state index contributed by atoms with van der Waals surface area (Å²) < 4.78 is 0. The van der Waals surface area contributed by atoms with Crippen LogP contribution < -0.4 is 5.32 Å². The van der Waals surface area contributed by atoms with Crippen LogP contribution in [0.5, 0.6) is 0 Å². The molecule has 9 atom stereocenters. The molecule has 3 saturated carbocycles. The van der Waals surface area contributed by atoms with Crippen LogP contribution in [0.2, 0.25) is 0 Å². The number of para-hydroxylation sites is 2. The van der Waals surface area contributed by atoms with E-state index in [1.807, 2.05) is 37.3 Å². The predicted octanol–water partition coefficient (Wildman–Crippen LogP) is 7.41. The number of amides is 1. The van der Waals surface area contributed by atoms with E-state index >= 15 is 0 Å². The first kappa shape index (κ1) is 32.7. The highest BCUT2D eigenvalue weighted by Gasteiger charge is 2.71. The van der Waals surface area contributed by atoms with Crippen molar-refractivity contribution < 1.29 is 15.0 Å². The topological polar surface area (TPSA) is 121 Å². The fourth-order valence-corrected chi connectivity index (χ4v) is 12.3. The molecule has 2 heterocycles. The van der Waals surface area contributed by atoms with Crippen LogP contribution in [-0.2, 0) is 16.6 Å². The van der Waals surface area contributed by atoms with E-state index in [0.717, 1.165) is 72.0 Å². The molecule has 0 bridgehead atoms. The monoisotopic (exact) mass is 661 g/mol. The van der Waals surface area contributed by atoms with E-state index in [-0.39, 0.29) is 45.8 Å². The van der Waals surface area contributed by atoms with E-state index in [9.17, 15) is 15.0 Å². The zero-order valence-corrected chi connectivity index (χ0v) is 29.8. The van der Waals surface area contributed by atoms with Crippen molar-refractivity contribution in [1.82, 2.24) is 19.9 Å². The standard InChI is InChI=1S/C41H51N5O3/c1-37(2)32-14-17-39(4)33(38(32,3)23-30-36(37)46-28-10-8-7-9-27(28)45-30)22-31(47)35-25(13-16-40(35,39)5)41(6,49)18-15-34(48)44-24-11-12-26-29(21-24)43-20-19-42-26/h7-12,19-21,25,31-33,35,47,49H,13-18,22-23H2,1-6H3,(H,44,48)/t25-,31+,32-,33+,35-,38-,39+,40+,41-/m0/s1. The maximum Gasteiger partial charge on any atom is 0.224 e. The third-order valence-electron chi connectivity index (χ3n) is 14.7. The summed E-state index contributed by atoms with van der Waals surface area (Å²) in [6.45, 7) is 14.0. The second-order valence-corrected chi connectivity index (χ2v) is 17.5. The lowest BCUT2D eigenvalue weighted by Crippen LogP contribution is -2.66. The van der Waals surface area contributed by atoms with E-state index < -0.39 is 11.7 Å². The van der Waals surface area contributed by atoms with Crippen molar-refractivity contribution in [3.63, 3.8) is 0 Å². The highest BCUT2D eigenvalue weighted by atomic mass is 16.3. The lowest BCUT2D eigenvalue weighted by atomic mass is 9.35. The Morgan fingerprint density at radius 3 is 2.35 bits per heavy atom. The first-order valence-corrected chi connectivity index (χ1v) is 18.3. The number of anilines is 1. The molecule has 4 aliphatic carbocycles. The van der Waals surface area contributed by atoms with Crippen LogP contribution in [0.25, 0.3) is 22.1 Å². The van der Waals surface area contributed by atoms with E-state index in [2.05, 4.69) is 62.0 Å². The minimum Gasteiger partial charge on any atom is -0.393 e. The van der Waals surface area contributed by atoms with Crippen molar-refractivity contribution in [2.45, 2.75) is 110 Å². The summed E-state index contributed by atoms with van der Waals surface area (Å²) >= 11 is 0. The minimum atomic E-state index is -1.08. The number of aromatic nitrogens is 4. The Hall–Kier alpha value is -3.49. The minimum absolute atomic E-state index is 0.00118. The molecule has 0 spiro atoms.